The van der Waals surface area contributed by atoms with E-state index in [9.17, 15) is 9.59 Å². The molecule has 0 N–H and O–H groups in total. The number of hydrogen-bond acceptors (Lipinski definition) is 2. The Labute approximate surface area is 105 Å². The molecule has 1 aliphatic carbocycles. The molecule has 4 heteroatoms. The highest BCUT2D eigenvalue weighted by atomic mass is 35.5. The van der Waals surface area contributed by atoms with Crippen LogP contribution in [0.15, 0.2) is 16.9 Å². The second-order valence-electron chi connectivity index (χ2n) is 4.68. The number of carbonyl (C=O) groups is 1. The summed E-state index contributed by atoms with van der Waals surface area (Å²) in [6.45, 7) is 2.60. The topological polar surface area (TPSA) is 39.1 Å². The molecule has 1 aromatic rings. The number of nitrogens with zero attached hydrogens (tertiary/aromatic N) is 1. The van der Waals surface area contributed by atoms with Crippen molar-refractivity contribution >= 4 is 17.4 Å². The van der Waals surface area contributed by atoms with Crippen LogP contribution < -0.4 is 5.56 Å². The van der Waals surface area contributed by atoms with E-state index in [0.717, 1.165) is 24.1 Å². The first-order chi connectivity index (χ1) is 8.13. The molecule has 0 fully saturated rings. The number of fused-ring (bicyclic) bond motifs is 1. The largest absolute Gasteiger partial charge is 0.312 e. The van der Waals surface area contributed by atoms with Crippen molar-refractivity contribution in [3.05, 3.63) is 33.7 Å². The van der Waals surface area contributed by atoms with Crippen LogP contribution >= 0.6 is 11.6 Å². The van der Waals surface area contributed by atoms with Gasteiger partial charge in [0.1, 0.15) is 0 Å². The maximum atomic E-state index is 11.9. The monoisotopic (exact) mass is 253 g/mol. The molecule has 1 aromatic heterocycles. The van der Waals surface area contributed by atoms with E-state index in [-0.39, 0.29) is 17.3 Å². The lowest BCUT2D eigenvalue weighted by atomic mass is 9.94. The number of rotatable bonds is 3. The number of pyridine rings is 1. The molecule has 0 aliphatic heterocycles. The van der Waals surface area contributed by atoms with E-state index in [2.05, 4.69) is 0 Å². The Morgan fingerprint density at radius 1 is 1.35 bits per heavy atom. The number of hydrogen-bond donors (Lipinski definition) is 0. The lowest BCUT2D eigenvalue weighted by Crippen LogP contribution is -2.30. The molecule has 1 aliphatic rings. The minimum atomic E-state index is -0.0320. The van der Waals surface area contributed by atoms with Gasteiger partial charge in [-0.2, -0.15) is 0 Å². The fourth-order valence-corrected chi connectivity index (χ4v) is 2.35. The van der Waals surface area contributed by atoms with E-state index in [1.807, 2.05) is 6.92 Å². The first-order valence-corrected chi connectivity index (χ1v) is 6.49. The summed E-state index contributed by atoms with van der Waals surface area (Å²) >= 11 is 5.78. The second kappa shape index (κ2) is 5.05. The molecule has 0 radical (unpaired) electrons. The molecule has 3 nitrogen and oxygen atoms in total. The SMILES string of the molecule is CC(CCl)Cn1c2c(ccc1=O)C(=O)CCC2. The molecule has 0 saturated heterocycles. The zero-order valence-corrected chi connectivity index (χ0v) is 10.7. The van der Waals surface area contributed by atoms with Crippen LogP contribution in [-0.4, -0.2) is 16.2 Å². The van der Waals surface area contributed by atoms with Crippen molar-refractivity contribution in [2.45, 2.75) is 32.7 Å². The molecule has 17 heavy (non-hydrogen) atoms. The average molecular weight is 254 g/mol. The van der Waals surface area contributed by atoms with Crippen molar-refractivity contribution in [1.29, 1.82) is 0 Å². The van der Waals surface area contributed by atoms with Gasteiger partial charge in [-0.05, 0) is 24.8 Å². The fraction of sp³-hybridized carbons (Fsp3) is 0.538. The standard InChI is InChI=1S/C13H16ClNO2/c1-9(7-14)8-15-11-3-2-4-12(16)10(11)5-6-13(15)17/h5-6,9H,2-4,7-8H2,1H3. The third-order valence-electron chi connectivity index (χ3n) is 3.17. The normalized spacial score (nSPS) is 16.7. The summed E-state index contributed by atoms with van der Waals surface area (Å²) in [5, 5.41) is 0. The summed E-state index contributed by atoms with van der Waals surface area (Å²) in [5.41, 5.74) is 1.58. The van der Waals surface area contributed by atoms with Crippen molar-refractivity contribution in [2.75, 3.05) is 5.88 Å². The Hall–Kier alpha value is -1.09. The van der Waals surface area contributed by atoms with Gasteiger partial charge in [0.25, 0.3) is 5.56 Å². The highest BCUT2D eigenvalue weighted by Gasteiger charge is 2.21. The van der Waals surface area contributed by atoms with Gasteiger partial charge in [-0.25, -0.2) is 0 Å². The Morgan fingerprint density at radius 2 is 2.12 bits per heavy atom. The van der Waals surface area contributed by atoms with E-state index in [1.165, 1.54) is 6.07 Å². The van der Waals surface area contributed by atoms with Crippen LogP contribution in [0.2, 0.25) is 0 Å². The van der Waals surface area contributed by atoms with Crippen LogP contribution in [0.25, 0.3) is 0 Å². The highest BCUT2D eigenvalue weighted by Crippen LogP contribution is 2.20. The minimum absolute atomic E-state index is 0.0320. The number of carbonyl (C=O) groups excluding carboxylic acids is 1. The van der Waals surface area contributed by atoms with E-state index in [4.69, 9.17) is 11.6 Å². The van der Waals surface area contributed by atoms with Gasteiger partial charge in [-0.15, -0.1) is 11.6 Å². The van der Waals surface area contributed by atoms with Crippen LogP contribution in [0.1, 0.15) is 35.8 Å². The van der Waals surface area contributed by atoms with Crippen LogP contribution in [-0.2, 0) is 13.0 Å². The third-order valence-corrected chi connectivity index (χ3v) is 3.70. The maximum absolute atomic E-state index is 11.9. The summed E-state index contributed by atoms with van der Waals surface area (Å²) in [6.07, 6.45) is 2.24. The molecular formula is C13H16ClNO2. The summed E-state index contributed by atoms with van der Waals surface area (Å²) in [7, 11) is 0. The first kappa shape index (κ1) is 12.4. The summed E-state index contributed by atoms with van der Waals surface area (Å²) in [4.78, 5) is 23.6. The molecule has 0 aromatic carbocycles. The third kappa shape index (κ3) is 2.44. The maximum Gasteiger partial charge on any atom is 0.250 e. The van der Waals surface area contributed by atoms with Crippen LogP contribution in [0.3, 0.4) is 0 Å². The fourth-order valence-electron chi connectivity index (χ4n) is 2.25. The predicted octanol–water partition coefficient (Wildman–Crippen LogP) is 2.24. The Morgan fingerprint density at radius 3 is 2.82 bits per heavy atom. The highest BCUT2D eigenvalue weighted by molar-refractivity contribution is 6.18. The van der Waals surface area contributed by atoms with Crippen LogP contribution in [0, 0.1) is 5.92 Å². The van der Waals surface area contributed by atoms with Crippen molar-refractivity contribution in [3.63, 3.8) is 0 Å². The molecular weight excluding hydrogens is 238 g/mol. The molecule has 0 amide bonds. The zero-order valence-electron chi connectivity index (χ0n) is 9.91. The smallest absolute Gasteiger partial charge is 0.250 e. The molecule has 1 heterocycles. The number of aromatic nitrogens is 1. The number of Topliss-reactive ketones (excluding diaryl/α,β-unsaturated/α-hetero) is 1. The van der Waals surface area contributed by atoms with Crippen LogP contribution in [0.5, 0.6) is 0 Å². The Balaban J connectivity index is 2.46. The van der Waals surface area contributed by atoms with Crippen molar-refractivity contribution in [2.24, 2.45) is 5.92 Å². The van der Waals surface area contributed by atoms with Gasteiger partial charge in [0.05, 0.1) is 0 Å². The average Bonchev–Trinajstić information content (AvgIpc) is 2.33. The second-order valence-corrected chi connectivity index (χ2v) is 4.99. The van der Waals surface area contributed by atoms with Crippen molar-refractivity contribution in [1.82, 2.24) is 4.57 Å². The van der Waals surface area contributed by atoms with Crippen molar-refractivity contribution in [3.8, 4) is 0 Å². The van der Waals surface area contributed by atoms with Gasteiger partial charge in [0.15, 0.2) is 5.78 Å². The lowest BCUT2D eigenvalue weighted by Gasteiger charge is -2.21. The lowest BCUT2D eigenvalue weighted by molar-refractivity contribution is 0.0970. The van der Waals surface area contributed by atoms with E-state index >= 15 is 0 Å². The van der Waals surface area contributed by atoms with Gasteiger partial charge in [0, 0.05) is 36.2 Å². The quantitative estimate of drug-likeness (QED) is 0.775. The van der Waals surface area contributed by atoms with Gasteiger partial charge >= 0.3 is 0 Å². The Kier molecular flexibility index (Phi) is 3.67. The number of alkyl halides is 1. The summed E-state index contributed by atoms with van der Waals surface area (Å²) < 4.78 is 1.72. The van der Waals surface area contributed by atoms with Gasteiger partial charge in [0.2, 0.25) is 0 Å². The van der Waals surface area contributed by atoms with E-state index in [1.54, 1.807) is 10.6 Å². The van der Waals surface area contributed by atoms with Crippen molar-refractivity contribution < 1.29 is 4.79 Å². The number of ketones is 1. The molecule has 0 saturated carbocycles. The molecule has 92 valence electrons. The molecule has 0 bridgehead atoms. The predicted molar refractivity (Wildman–Crippen MR) is 67.9 cm³/mol. The van der Waals surface area contributed by atoms with Gasteiger partial charge in [-0.3, -0.25) is 9.59 Å². The summed E-state index contributed by atoms with van der Waals surface area (Å²) in [6, 6.07) is 3.16. The van der Waals surface area contributed by atoms with E-state index in [0.29, 0.717) is 18.8 Å². The summed E-state index contributed by atoms with van der Waals surface area (Å²) in [5.74, 6) is 0.903. The minimum Gasteiger partial charge on any atom is -0.312 e. The zero-order chi connectivity index (χ0) is 12.4. The van der Waals surface area contributed by atoms with E-state index < -0.39 is 0 Å². The Bertz CT molecular complexity index is 493. The molecule has 2 rings (SSSR count). The number of halogens is 1. The molecule has 1 unspecified atom stereocenters. The first-order valence-electron chi connectivity index (χ1n) is 5.95. The van der Waals surface area contributed by atoms with Crippen LogP contribution in [0.4, 0.5) is 0 Å². The molecule has 1 atom stereocenters. The van der Waals surface area contributed by atoms with Gasteiger partial charge in [-0.1, -0.05) is 6.92 Å². The molecule has 0 spiro atoms. The van der Waals surface area contributed by atoms with Gasteiger partial charge < -0.3 is 4.57 Å².